The normalized spacial score (nSPS) is 14.2. The summed E-state index contributed by atoms with van der Waals surface area (Å²) < 4.78 is 30.4. The smallest absolute Gasteiger partial charge is 0.188 e. The van der Waals surface area contributed by atoms with E-state index in [4.69, 9.17) is 14.0 Å². The lowest BCUT2D eigenvalue weighted by molar-refractivity contribution is 0.144. The summed E-state index contributed by atoms with van der Waals surface area (Å²) in [7, 11) is 1.57. The summed E-state index contributed by atoms with van der Waals surface area (Å²) in [5.41, 5.74) is 3.98. The minimum Gasteiger partial charge on any atom is -0.488 e. The van der Waals surface area contributed by atoms with Crippen molar-refractivity contribution in [2.75, 3.05) is 51.4 Å². The summed E-state index contributed by atoms with van der Waals surface area (Å²) in [6, 6.07) is 13.1. The van der Waals surface area contributed by atoms with E-state index in [0.717, 1.165) is 31.7 Å². The summed E-state index contributed by atoms with van der Waals surface area (Å²) in [4.78, 5) is 2.35. The van der Waals surface area contributed by atoms with Gasteiger partial charge in [0.05, 0.1) is 12.1 Å². The van der Waals surface area contributed by atoms with Crippen LogP contribution in [0.4, 0.5) is 10.1 Å². The second-order valence-electron chi connectivity index (χ2n) is 7.60. The van der Waals surface area contributed by atoms with Crippen LogP contribution in [0.25, 0.3) is 33.6 Å². The van der Waals surface area contributed by atoms with Crippen LogP contribution in [-0.4, -0.2) is 61.9 Å². The van der Waals surface area contributed by atoms with E-state index in [9.17, 15) is 4.39 Å². The Morgan fingerprint density at radius 2 is 1.91 bits per heavy atom. The molecule has 1 fully saturated rings. The maximum absolute atomic E-state index is 14.5. The SMILES string of the molecule is COCCOc1cc2[nH]nc(-c3cc(-c4ccc(N5CCNCC5)cc4)no3)c2cc1F. The number of rotatable bonds is 7. The zero-order chi connectivity index (χ0) is 21.9. The van der Waals surface area contributed by atoms with Gasteiger partial charge in [0, 0.05) is 62.1 Å². The highest BCUT2D eigenvalue weighted by atomic mass is 19.1. The van der Waals surface area contributed by atoms with Gasteiger partial charge in [0.15, 0.2) is 17.3 Å². The number of aromatic nitrogens is 3. The van der Waals surface area contributed by atoms with Crippen LogP contribution in [0.3, 0.4) is 0 Å². The first-order valence-electron chi connectivity index (χ1n) is 10.6. The van der Waals surface area contributed by atoms with E-state index < -0.39 is 5.82 Å². The Kier molecular flexibility index (Phi) is 5.74. The number of aromatic amines is 1. The van der Waals surface area contributed by atoms with Crippen LogP contribution in [0.1, 0.15) is 0 Å². The topological polar surface area (TPSA) is 88.4 Å². The van der Waals surface area contributed by atoms with Gasteiger partial charge < -0.3 is 24.2 Å². The molecule has 1 saturated heterocycles. The van der Waals surface area contributed by atoms with E-state index in [1.807, 2.05) is 18.2 Å². The summed E-state index contributed by atoms with van der Waals surface area (Å²) in [5, 5.41) is 15.4. The molecule has 166 valence electrons. The maximum Gasteiger partial charge on any atom is 0.188 e. The minimum atomic E-state index is -0.473. The molecular formula is C23H24FN5O3. The number of ether oxygens (including phenoxy) is 2. The molecule has 0 bridgehead atoms. The highest BCUT2D eigenvalue weighted by Crippen LogP contribution is 2.33. The van der Waals surface area contributed by atoms with Gasteiger partial charge in [0.2, 0.25) is 0 Å². The first-order chi connectivity index (χ1) is 15.7. The molecule has 1 aliphatic heterocycles. The number of piperazine rings is 1. The number of H-pyrrole nitrogens is 1. The average Bonchev–Trinajstić information content (AvgIpc) is 3.47. The molecule has 0 unspecified atom stereocenters. The van der Waals surface area contributed by atoms with Crippen LogP contribution in [0.5, 0.6) is 5.75 Å². The van der Waals surface area contributed by atoms with Crippen LogP contribution in [0.2, 0.25) is 0 Å². The van der Waals surface area contributed by atoms with Crippen molar-refractivity contribution in [1.82, 2.24) is 20.7 Å². The van der Waals surface area contributed by atoms with Crippen LogP contribution in [0.15, 0.2) is 47.0 Å². The number of halogens is 1. The van der Waals surface area contributed by atoms with Crippen LogP contribution in [0, 0.1) is 5.82 Å². The van der Waals surface area contributed by atoms with E-state index in [2.05, 4.69) is 37.7 Å². The van der Waals surface area contributed by atoms with Crippen LogP contribution >= 0.6 is 0 Å². The molecule has 0 spiro atoms. The number of nitrogens with zero attached hydrogens (tertiary/aromatic N) is 3. The van der Waals surface area contributed by atoms with Crippen LogP contribution in [-0.2, 0) is 4.74 Å². The molecule has 0 radical (unpaired) electrons. The number of benzene rings is 2. The standard InChI is InChI=1S/C23H24FN5O3/c1-30-10-11-31-21-14-20-17(12-18(21)24)23(27-26-20)22-13-19(28-32-22)15-2-4-16(5-3-15)29-8-6-25-7-9-29/h2-5,12-14,25H,6-11H2,1H3,(H,26,27). The van der Waals surface area contributed by atoms with Gasteiger partial charge in [-0.2, -0.15) is 5.10 Å². The number of methoxy groups -OCH3 is 1. The Hall–Kier alpha value is -3.43. The molecular weight excluding hydrogens is 413 g/mol. The number of hydrogen-bond acceptors (Lipinski definition) is 7. The van der Waals surface area contributed by atoms with Gasteiger partial charge in [-0.1, -0.05) is 17.3 Å². The molecule has 0 saturated carbocycles. The zero-order valence-electron chi connectivity index (χ0n) is 17.7. The lowest BCUT2D eigenvalue weighted by Crippen LogP contribution is -2.43. The number of fused-ring (bicyclic) bond motifs is 1. The fraction of sp³-hybridized carbons (Fsp3) is 0.304. The molecule has 0 atom stereocenters. The van der Waals surface area contributed by atoms with E-state index in [1.165, 1.54) is 11.8 Å². The zero-order valence-corrected chi connectivity index (χ0v) is 17.7. The molecule has 5 rings (SSSR count). The second kappa shape index (κ2) is 8.97. The third kappa shape index (κ3) is 4.04. The molecule has 2 aromatic heterocycles. The monoisotopic (exact) mass is 437 g/mol. The molecule has 0 aliphatic carbocycles. The Morgan fingerprint density at radius 3 is 2.69 bits per heavy atom. The molecule has 2 aromatic carbocycles. The van der Waals surface area contributed by atoms with Gasteiger partial charge in [0.1, 0.15) is 18.0 Å². The van der Waals surface area contributed by atoms with Gasteiger partial charge in [0.25, 0.3) is 0 Å². The summed E-state index contributed by atoms with van der Waals surface area (Å²) >= 11 is 0. The van der Waals surface area contributed by atoms with Gasteiger partial charge in [-0.25, -0.2) is 4.39 Å². The number of hydrogen-bond donors (Lipinski definition) is 2. The van der Waals surface area contributed by atoms with Crippen molar-refractivity contribution < 1.29 is 18.4 Å². The quantitative estimate of drug-likeness (QED) is 0.428. The maximum atomic E-state index is 14.5. The predicted octanol–water partition coefficient (Wildman–Crippen LogP) is 3.46. The van der Waals surface area contributed by atoms with Gasteiger partial charge in [-0.15, -0.1) is 0 Å². The third-order valence-electron chi connectivity index (χ3n) is 5.55. The van der Waals surface area contributed by atoms with Gasteiger partial charge in [-0.05, 0) is 18.2 Å². The van der Waals surface area contributed by atoms with E-state index in [-0.39, 0.29) is 12.4 Å². The lowest BCUT2D eigenvalue weighted by atomic mass is 10.1. The molecule has 9 heteroatoms. The van der Waals surface area contributed by atoms with E-state index >= 15 is 0 Å². The summed E-state index contributed by atoms with van der Waals surface area (Å²) in [5.74, 6) is 0.136. The van der Waals surface area contributed by atoms with Crippen molar-refractivity contribution in [3.05, 3.63) is 48.3 Å². The number of anilines is 1. The molecule has 4 aromatic rings. The first-order valence-corrected chi connectivity index (χ1v) is 10.6. The molecule has 32 heavy (non-hydrogen) atoms. The Labute approximate surface area is 184 Å². The lowest BCUT2D eigenvalue weighted by Gasteiger charge is -2.29. The Balaban J connectivity index is 1.37. The molecule has 2 N–H and O–H groups in total. The molecule has 1 aliphatic rings. The van der Waals surface area contributed by atoms with Crippen LogP contribution < -0.4 is 15.0 Å². The van der Waals surface area contributed by atoms with E-state index in [0.29, 0.717) is 34.7 Å². The summed E-state index contributed by atoms with van der Waals surface area (Å²) in [6.07, 6.45) is 0. The fourth-order valence-corrected chi connectivity index (χ4v) is 3.84. The van der Waals surface area contributed by atoms with Crippen molar-refractivity contribution in [3.8, 4) is 28.5 Å². The Bertz CT molecular complexity index is 1200. The molecule has 3 heterocycles. The van der Waals surface area contributed by atoms with Gasteiger partial charge >= 0.3 is 0 Å². The van der Waals surface area contributed by atoms with Crippen molar-refractivity contribution in [2.45, 2.75) is 0 Å². The second-order valence-corrected chi connectivity index (χ2v) is 7.60. The minimum absolute atomic E-state index is 0.146. The third-order valence-corrected chi connectivity index (χ3v) is 5.55. The average molecular weight is 437 g/mol. The van der Waals surface area contributed by atoms with Crippen molar-refractivity contribution in [3.63, 3.8) is 0 Å². The molecule has 8 nitrogen and oxygen atoms in total. The number of nitrogens with one attached hydrogen (secondary N) is 2. The highest BCUT2D eigenvalue weighted by Gasteiger charge is 2.18. The van der Waals surface area contributed by atoms with Crippen molar-refractivity contribution in [2.24, 2.45) is 0 Å². The highest BCUT2D eigenvalue weighted by molar-refractivity contribution is 5.92. The van der Waals surface area contributed by atoms with E-state index in [1.54, 1.807) is 13.2 Å². The fourth-order valence-electron chi connectivity index (χ4n) is 3.84. The van der Waals surface area contributed by atoms with Crippen molar-refractivity contribution >= 4 is 16.6 Å². The summed E-state index contributed by atoms with van der Waals surface area (Å²) in [6.45, 7) is 4.62. The predicted molar refractivity (Wildman–Crippen MR) is 119 cm³/mol. The Morgan fingerprint density at radius 1 is 1.09 bits per heavy atom. The molecule has 0 amide bonds. The first kappa shape index (κ1) is 20.5. The largest absolute Gasteiger partial charge is 0.488 e. The van der Waals surface area contributed by atoms with Gasteiger partial charge in [-0.3, -0.25) is 5.10 Å². The van der Waals surface area contributed by atoms with Crippen molar-refractivity contribution in [1.29, 1.82) is 0 Å².